The Morgan fingerprint density at radius 2 is 1.59 bits per heavy atom. The number of anilines is 2. The van der Waals surface area contributed by atoms with Gasteiger partial charge in [0.2, 0.25) is 10.0 Å². The zero-order valence-corrected chi connectivity index (χ0v) is 24.1. The molecular formula is C30H37N5O5S. The molecule has 1 N–H and O–H groups in total. The van der Waals surface area contributed by atoms with Crippen molar-refractivity contribution in [3.8, 4) is 0 Å². The van der Waals surface area contributed by atoms with Gasteiger partial charge in [-0.1, -0.05) is 19.3 Å². The maximum Gasteiger partial charge on any atom is 0.261 e. The van der Waals surface area contributed by atoms with Crippen LogP contribution in [0.4, 0.5) is 11.4 Å². The number of hydrogen-bond donors (Lipinski definition) is 1. The molecule has 2 fully saturated rings. The molecule has 1 amide bonds. The summed E-state index contributed by atoms with van der Waals surface area (Å²) in [6, 6.07) is 10.0. The molecule has 11 heteroatoms. The highest BCUT2D eigenvalue weighted by Gasteiger charge is 2.28. The van der Waals surface area contributed by atoms with Crippen LogP contribution in [0.25, 0.3) is 10.9 Å². The molecule has 3 aliphatic rings. The molecule has 41 heavy (non-hydrogen) atoms. The highest BCUT2D eigenvalue weighted by molar-refractivity contribution is 7.89. The van der Waals surface area contributed by atoms with Gasteiger partial charge in [-0.05, 0) is 62.1 Å². The number of amides is 1. The number of sulfonamides is 1. The van der Waals surface area contributed by atoms with Crippen molar-refractivity contribution in [1.29, 1.82) is 0 Å². The Hall–Kier alpha value is -3.28. The van der Waals surface area contributed by atoms with Gasteiger partial charge in [-0.25, -0.2) is 13.4 Å². The fourth-order valence-corrected chi connectivity index (χ4v) is 7.49. The molecule has 0 unspecified atom stereocenters. The summed E-state index contributed by atoms with van der Waals surface area (Å²) in [5.74, 6) is 0.391. The van der Waals surface area contributed by atoms with Gasteiger partial charge in [0, 0.05) is 44.7 Å². The quantitative estimate of drug-likeness (QED) is 0.489. The van der Waals surface area contributed by atoms with Gasteiger partial charge in [0.15, 0.2) is 0 Å². The molecule has 2 aromatic carbocycles. The van der Waals surface area contributed by atoms with Crippen LogP contribution in [-0.4, -0.2) is 67.6 Å². The lowest BCUT2D eigenvalue weighted by molar-refractivity contribution is 0.0730. The molecule has 218 valence electrons. The van der Waals surface area contributed by atoms with Crippen LogP contribution in [0.15, 0.2) is 46.1 Å². The number of nitrogens with zero attached hydrogens (tertiary/aromatic N) is 4. The lowest BCUT2D eigenvalue weighted by atomic mass is 10.1. The Bertz CT molecular complexity index is 1610. The number of ether oxygens (including phenoxy) is 1. The molecule has 3 aromatic rings. The summed E-state index contributed by atoms with van der Waals surface area (Å²) >= 11 is 0. The van der Waals surface area contributed by atoms with E-state index in [0.29, 0.717) is 55.0 Å². The average molecular weight is 580 g/mol. The van der Waals surface area contributed by atoms with E-state index in [4.69, 9.17) is 9.72 Å². The highest BCUT2D eigenvalue weighted by Crippen LogP contribution is 2.32. The third-order valence-electron chi connectivity index (χ3n) is 8.35. The van der Waals surface area contributed by atoms with Crippen LogP contribution >= 0.6 is 0 Å². The smallest absolute Gasteiger partial charge is 0.261 e. The molecule has 2 saturated heterocycles. The minimum absolute atomic E-state index is 0.0664. The highest BCUT2D eigenvalue weighted by atomic mass is 32.2. The Morgan fingerprint density at radius 1 is 0.854 bits per heavy atom. The summed E-state index contributed by atoms with van der Waals surface area (Å²) < 4.78 is 35.5. The molecule has 0 saturated carbocycles. The van der Waals surface area contributed by atoms with Crippen molar-refractivity contribution in [1.82, 2.24) is 13.9 Å². The van der Waals surface area contributed by atoms with Gasteiger partial charge in [-0.2, -0.15) is 4.31 Å². The Kier molecular flexibility index (Phi) is 8.10. The molecule has 3 aliphatic heterocycles. The summed E-state index contributed by atoms with van der Waals surface area (Å²) in [5.41, 5.74) is 2.08. The maximum absolute atomic E-state index is 13.6. The van der Waals surface area contributed by atoms with Crippen molar-refractivity contribution in [2.24, 2.45) is 0 Å². The third-order valence-corrected chi connectivity index (χ3v) is 10.2. The normalized spacial score (nSPS) is 18.9. The number of aromatic nitrogens is 2. The molecule has 0 aliphatic carbocycles. The van der Waals surface area contributed by atoms with E-state index in [2.05, 4.69) is 10.2 Å². The van der Waals surface area contributed by atoms with Gasteiger partial charge < -0.3 is 15.0 Å². The fourth-order valence-electron chi connectivity index (χ4n) is 6.05. The monoisotopic (exact) mass is 579 g/mol. The molecule has 0 bridgehead atoms. The zero-order valence-electron chi connectivity index (χ0n) is 23.3. The number of nitrogens with one attached hydrogen (secondary N) is 1. The molecule has 10 nitrogen and oxygen atoms in total. The number of fused-ring (bicyclic) bond motifs is 2. The number of hydrogen-bond acceptors (Lipinski definition) is 7. The summed E-state index contributed by atoms with van der Waals surface area (Å²) in [5, 5.41) is 3.51. The topological polar surface area (TPSA) is 114 Å². The fraction of sp³-hybridized carbons (Fsp3) is 0.500. The first-order chi connectivity index (χ1) is 19.9. The number of morpholine rings is 1. The van der Waals surface area contributed by atoms with E-state index in [1.54, 1.807) is 34.9 Å². The van der Waals surface area contributed by atoms with Crippen molar-refractivity contribution >= 4 is 38.2 Å². The van der Waals surface area contributed by atoms with Gasteiger partial charge >= 0.3 is 0 Å². The Labute approximate surface area is 240 Å². The molecule has 0 atom stereocenters. The molecule has 4 heterocycles. The predicted molar refractivity (Wildman–Crippen MR) is 158 cm³/mol. The Balaban J connectivity index is 1.35. The second kappa shape index (κ2) is 11.9. The molecular weight excluding hydrogens is 542 g/mol. The van der Waals surface area contributed by atoms with Crippen LogP contribution in [0.2, 0.25) is 0 Å². The molecule has 1 aromatic heterocycles. The third kappa shape index (κ3) is 5.75. The minimum atomic E-state index is -3.75. The number of rotatable bonds is 5. The lowest BCUT2D eigenvalue weighted by Crippen LogP contribution is -2.40. The lowest BCUT2D eigenvalue weighted by Gasteiger charge is -2.28. The van der Waals surface area contributed by atoms with E-state index in [9.17, 15) is 18.0 Å². The van der Waals surface area contributed by atoms with Crippen LogP contribution in [0.5, 0.6) is 0 Å². The second-order valence-electron chi connectivity index (χ2n) is 11.1. The van der Waals surface area contributed by atoms with Crippen LogP contribution in [0.1, 0.15) is 61.1 Å². The van der Waals surface area contributed by atoms with E-state index in [-0.39, 0.29) is 16.4 Å². The summed E-state index contributed by atoms with van der Waals surface area (Å²) in [4.78, 5) is 33.9. The van der Waals surface area contributed by atoms with Crippen molar-refractivity contribution in [2.45, 2.75) is 62.8 Å². The first kappa shape index (κ1) is 27.9. The van der Waals surface area contributed by atoms with E-state index < -0.39 is 10.0 Å². The van der Waals surface area contributed by atoms with Crippen LogP contribution < -0.4 is 15.8 Å². The van der Waals surface area contributed by atoms with Gasteiger partial charge in [0.1, 0.15) is 5.82 Å². The van der Waals surface area contributed by atoms with Crippen LogP contribution in [0.3, 0.4) is 0 Å². The van der Waals surface area contributed by atoms with Crippen LogP contribution in [-0.2, 0) is 27.7 Å². The van der Waals surface area contributed by atoms with E-state index >= 15 is 0 Å². The van der Waals surface area contributed by atoms with Crippen molar-refractivity contribution in [2.75, 3.05) is 49.6 Å². The first-order valence-electron chi connectivity index (χ1n) is 14.7. The number of carbonyl (C=O) groups excluding carboxylic acids is 1. The van der Waals surface area contributed by atoms with E-state index in [1.165, 1.54) is 4.31 Å². The Morgan fingerprint density at radius 3 is 2.37 bits per heavy atom. The van der Waals surface area contributed by atoms with E-state index in [0.717, 1.165) is 76.0 Å². The summed E-state index contributed by atoms with van der Waals surface area (Å²) in [6.45, 7) is 3.66. The van der Waals surface area contributed by atoms with Gasteiger partial charge in [0.25, 0.3) is 11.5 Å². The minimum Gasteiger partial charge on any atom is -0.379 e. The number of carbonyl (C=O) groups is 1. The number of benzene rings is 2. The standard InChI is InChI=1S/C30H37N5O5S/c36-29(22-9-11-24-25(20-22)31-28-8-4-3-7-15-35(28)30(24)37)32-26-21-23(41(38,39)34-16-18-40-19-17-34)10-12-27(26)33-13-5-1-2-6-14-33/h9-12,20-21H,1-8,13-19H2,(H,32,36). The van der Waals surface area contributed by atoms with Gasteiger partial charge in [-0.3, -0.25) is 14.2 Å². The second-order valence-corrected chi connectivity index (χ2v) is 13.0. The average Bonchev–Trinajstić information content (AvgIpc) is 3.41. The van der Waals surface area contributed by atoms with Crippen molar-refractivity contribution in [3.63, 3.8) is 0 Å². The zero-order chi connectivity index (χ0) is 28.4. The van der Waals surface area contributed by atoms with Crippen LogP contribution in [0, 0.1) is 0 Å². The first-order valence-corrected chi connectivity index (χ1v) is 16.2. The predicted octanol–water partition coefficient (Wildman–Crippen LogP) is 3.78. The van der Waals surface area contributed by atoms with Gasteiger partial charge in [0.05, 0.1) is 40.4 Å². The summed E-state index contributed by atoms with van der Waals surface area (Å²) in [7, 11) is -3.75. The molecule has 6 rings (SSSR count). The molecule has 0 radical (unpaired) electrons. The largest absolute Gasteiger partial charge is 0.379 e. The number of aryl methyl sites for hydroxylation is 1. The van der Waals surface area contributed by atoms with Crippen molar-refractivity contribution < 1.29 is 17.9 Å². The maximum atomic E-state index is 13.6. The van der Waals surface area contributed by atoms with Crippen molar-refractivity contribution in [3.05, 3.63) is 58.1 Å². The summed E-state index contributed by atoms with van der Waals surface area (Å²) in [6.07, 6.45) is 8.12. The molecule has 0 spiro atoms. The van der Waals surface area contributed by atoms with Gasteiger partial charge in [-0.15, -0.1) is 0 Å². The SMILES string of the molecule is O=C(Nc1cc(S(=O)(=O)N2CCOCC2)ccc1N1CCCCCC1)c1ccc2c(=O)n3c(nc2c1)CCCCC3. The van der Waals surface area contributed by atoms with E-state index in [1.807, 2.05) is 6.07 Å².